The van der Waals surface area contributed by atoms with Gasteiger partial charge in [-0.05, 0) is 12.8 Å². The molecule has 0 radical (unpaired) electrons. The Hall–Kier alpha value is 0.272. The largest absolute Gasteiger partial charge is 0.211 e. The van der Waals surface area contributed by atoms with Gasteiger partial charge in [0.15, 0.2) is 0 Å². The molecule has 0 bridgehead atoms. The third-order valence-corrected chi connectivity index (χ3v) is 2.22. The Morgan fingerprint density at radius 3 is 2.33 bits per heavy atom. The molecule has 0 heterocycles. The fourth-order valence-electron chi connectivity index (χ4n) is 0.892. The first-order valence-corrected chi connectivity index (χ1v) is 5.44. The van der Waals surface area contributed by atoms with Crippen LogP contribution < -0.4 is 0 Å². The summed E-state index contributed by atoms with van der Waals surface area (Å²) in [5, 5.41) is 1.48. The molecule has 0 saturated carbocycles. The molecule has 0 unspecified atom stereocenters. The lowest BCUT2D eigenvalue weighted by molar-refractivity contribution is 0.674. The quantitative estimate of drug-likeness (QED) is 0.301. The van der Waals surface area contributed by atoms with Crippen LogP contribution in [0.5, 0.6) is 0 Å². The molecule has 0 saturated heterocycles. The third-order valence-electron chi connectivity index (χ3n) is 1.51. The molecule has 0 fully saturated rings. The second kappa shape index (κ2) is 8.27. The van der Waals surface area contributed by atoms with E-state index in [2.05, 4.69) is 6.58 Å². The molecule has 0 aromatic rings. The van der Waals surface area contributed by atoms with Crippen molar-refractivity contribution in [2.24, 2.45) is 0 Å². The van der Waals surface area contributed by atoms with Crippen molar-refractivity contribution in [3.8, 4) is 0 Å². The Balaban J connectivity index is 2.66. The molecule has 9 heavy (non-hydrogen) atoms. The molecule has 0 amide bonds. The van der Waals surface area contributed by atoms with Crippen LogP contribution in [0, 0.1) is 0 Å². The molecule has 0 atom stereocenters. The third kappa shape index (κ3) is 8.27. The second-order valence-corrected chi connectivity index (χ2v) is 3.49. The van der Waals surface area contributed by atoms with Crippen LogP contribution in [0.4, 0.5) is 0 Å². The van der Waals surface area contributed by atoms with Crippen molar-refractivity contribution in [1.29, 1.82) is 0 Å². The van der Waals surface area contributed by atoms with Gasteiger partial charge in [0.25, 0.3) is 0 Å². The van der Waals surface area contributed by atoms with E-state index in [9.17, 15) is 0 Å². The van der Waals surface area contributed by atoms with Crippen molar-refractivity contribution in [3.05, 3.63) is 12.7 Å². The predicted octanol–water partition coefficient (Wildman–Crippen LogP) is 2.17. The van der Waals surface area contributed by atoms with Crippen molar-refractivity contribution >= 4 is 16.3 Å². The lowest BCUT2D eigenvalue weighted by Gasteiger charge is -1.94. The van der Waals surface area contributed by atoms with Crippen molar-refractivity contribution in [2.45, 2.75) is 37.4 Å². The van der Waals surface area contributed by atoms with Gasteiger partial charge in [-0.1, -0.05) is 25.3 Å². The minimum atomic E-state index is 1.21. The highest BCUT2D eigenvalue weighted by atomic mass is 27.0. The topological polar surface area (TPSA) is 0 Å². The summed E-state index contributed by atoms with van der Waals surface area (Å²) in [6.45, 7) is 3.69. The van der Waals surface area contributed by atoms with Gasteiger partial charge >= 0.3 is 0 Å². The Bertz CT molecular complexity index is 59.6. The van der Waals surface area contributed by atoms with Crippen LogP contribution in [0.3, 0.4) is 0 Å². The monoisotopic (exact) mass is 140 g/mol. The normalized spacial score (nSPS) is 9.33. The van der Waals surface area contributed by atoms with E-state index in [1.54, 1.807) is 0 Å². The van der Waals surface area contributed by atoms with Gasteiger partial charge in [0.05, 0.1) is 0 Å². The first-order valence-electron chi connectivity index (χ1n) is 4.02. The van der Waals surface area contributed by atoms with E-state index in [1.165, 1.54) is 53.7 Å². The molecule has 0 aliphatic carbocycles. The van der Waals surface area contributed by atoms with Crippen LogP contribution in [-0.2, 0) is 0 Å². The zero-order valence-electron chi connectivity index (χ0n) is 6.53. The molecule has 1 heteroatoms. The van der Waals surface area contributed by atoms with Gasteiger partial charge in [0.2, 0.25) is 16.3 Å². The Morgan fingerprint density at radius 2 is 1.78 bits per heavy atom. The highest BCUT2D eigenvalue weighted by molar-refractivity contribution is 6.08. The SMILES string of the molecule is C=CCCCCC[CH2][AlH2]. The zero-order valence-corrected chi connectivity index (χ0v) is 8.53. The molecule has 0 aliphatic rings. The maximum Gasteiger partial charge on any atom is 0.211 e. The highest BCUT2D eigenvalue weighted by Gasteiger charge is 1.84. The summed E-state index contributed by atoms with van der Waals surface area (Å²) in [6, 6.07) is 0. The smallest absolute Gasteiger partial charge is 0.103 e. The van der Waals surface area contributed by atoms with Crippen LogP contribution in [0.25, 0.3) is 0 Å². The molecule has 52 valence electrons. The summed E-state index contributed by atoms with van der Waals surface area (Å²) in [4.78, 5) is 0. The lowest BCUT2D eigenvalue weighted by Crippen LogP contribution is -1.76. The summed E-state index contributed by atoms with van der Waals surface area (Å²) in [5.41, 5.74) is 0. The van der Waals surface area contributed by atoms with Crippen LogP contribution in [0.15, 0.2) is 12.7 Å². The number of hydrogen-bond acceptors (Lipinski definition) is 0. The van der Waals surface area contributed by atoms with Crippen molar-refractivity contribution in [1.82, 2.24) is 0 Å². The number of rotatable bonds is 6. The maximum absolute atomic E-state index is 3.69. The van der Waals surface area contributed by atoms with Crippen molar-refractivity contribution in [3.63, 3.8) is 0 Å². The second-order valence-electron chi connectivity index (χ2n) is 2.49. The van der Waals surface area contributed by atoms with Gasteiger partial charge in [-0.2, -0.15) is 0 Å². The molecule has 0 nitrogen and oxygen atoms in total. The Kier molecular flexibility index (Phi) is 8.52. The first kappa shape index (κ1) is 9.27. The summed E-state index contributed by atoms with van der Waals surface area (Å²) in [7, 11) is 0. The number of hydrogen-bond donors (Lipinski definition) is 0. The van der Waals surface area contributed by atoms with Gasteiger partial charge < -0.3 is 0 Å². The molecule has 0 rings (SSSR count). The minimum Gasteiger partial charge on any atom is -0.103 e. The van der Waals surface area contributed by atoms with Gasteiger partial charge in [-0.3, -0.25) is 0 Å². The summed E-state index contributed by atoms with van der Waals surface area (Å²) in [6.07, 6.45) is 8.89. The molecule has 0 aromatic heterocycles. The molecule has 0 aliphatic heterocycles. The van der Waals surface area contributed by atoms with E-state index in [0.29, 0.717) is 0 Å². The van der Waals surface area contributed by atoms with Crippen molar-refractivity contribution < 1.29 is 0 Å². The van der Waals surface area contributed by atoms with E-state index in [-0.39, 0.29) is 0 Å². The van der Waals surface area contributed by atoms with Gasteiger partial charge in [0.1, 0.15) is 0 Å². The minimum absolute atomic E-state index is 1.21. The Labute approximate surface area is 66.8 Å². The van der Waals surface area contributed by atoms with Crippen LogP contribution in [-0.4, -0.2) is 16.3 Å². The summed E-state index contributed by atoms with van der Waals surface area (Å²) < 4.78 is 0. The van der Waals surface area contributed by atoms with E-state index in [4.69, 9.17) is 0 Å². The fraction of sp³-hybridized carbons (Fsp3) is 0.750. The highest BCUT2D eigenvalue weighted by Crippen LogP contribution is 2.03. The van der Waals surface area contributed by atoms with E-state index >= 15 is 0 Å². The van der Waals surface area contributed by atoms with E-state index in [1.807, 2.05) is 6.08 Å². The molecular formula is C8H17Al. The average Bonchev–Trinajstić information content (AvgIpc) is 1.89. The molecular weight excluding hydrogens is 123 g/mol. The van der Waals surface area contributed by atoms with E-state index in [0.717, 1.165) is 0 Å². The fourth-order valence-corrected chi connectivity index (χ4v) is 1.39. The maximum atomic E-state index is 3.69. The predicted molar refractivity (Wildman–Crippen MR) is 46.6 cm³/mol. The number of allylic oxidation sites excluding steroid dienone is 1. The summed E-state index contributed by atoms with van der Waals surface area (Å²) >= 11 is 1.39. The van der Waals surface area contributed by atoms with Crippen LogP contribution in [0.1, 0.15) is 32.1 Å². The van der Waals surface area contributed by atoms with Gasteiger partial charge in [-0.15, -0.1) is 11.9 Å². The van der Waals surface area contributed by atoms with Crippen LogP contribution >= 0.6 is 0 Å². The standard InChI is InChI=1S/C8H15.Al.2H/c1-3-5-7-8-6-4-2;;;/h3H,1-2,4-8H2;;;. The Morgan fingerprint density at radius 1 is 1.11 bits per heavy atom. The van der Waals surface area contributed by atoms with Gasteiger partial charge in [-0.25, -0.2) is 0 Å². The molecule has 0 spiro atoms. The molecule has 0 aromatic carbocycles. The summed E-state index contributed by atoms with van der Waals surface area (Å²) in [5.74, 6) is 0. The first-order chi connectivity index (χ1) is 4.41. The van der Waals surface area contributed by atoms with Crippen molar-refractivity contribution in [2.75, 3.05) is 0 Å². The zero-order chi connectivity index (χ0) is 6.95. The lowest BCUT2D eigenvalue weighted by atomic mass is 10.1. The molecule has 0 N–H and O–H groups in total. The number of unbranched alkanes of at least 4 members (excludes halogenated alkanes) is 4. The average molecular weight is 140 g/mol. The van der Waals surface area contributed by atoms with Crippen LogP contribution in [0.2, 0.25) is 5.28 Å². The van der Waals surface area contributed by atoms with Gasteiger partial charge in [0, 0.05) is 0 Å². The van der Waals surface area contributed by atoms with E-state index < -0.39 is 0 Å².